The number of rotatable bonds is 7. The molecule has 0 radical (unpaired) electrons. The van der Waals surface area contributed by atoms with Gasteiger partial charge in [0, 0.05) is 37.8 Å². The van der Waals surface area contributed by atoms with Gasteiger partial charge in [0.2, 0.25) is 0 Å². The van der Waals surface area contributed by atoms with Gasteiger partial charge in [-0.1, -0.05) is 13.8 Å². The van der Waals surface area contributed by atoms with Crippen molar-refractivity contribution >= 4 is 11.6 Å². The summed E-state index contributed by atoms with van der Waals surface area (Å²) in [4.78, 5) is 8.83. The minimum Gasteiger partial charge on any atom is -0.366 e. The smallest absolute Gasteiger partial charge is 0.145 e. The molecular weight excluding hydrogens is 266 g/mol. The third-order valence-electron chi connectivity index (χ3n) is 3.18. The summed E-state index contributed by atoms with van der Waals surface area (Å²) in [5, 5.41) is 7.76. The summed E-state index contributed by atoms with van der Waals surface area (Å²) in [6.45, 7) is 4.89. The van der Waals surface area contributed by atoms with Crippen LogP contribution in [0.15, 0.2) is 12.3 Å². The number of nitrogens with zero attached hydrogens (tertiary/aromatic N) is 4. The zero-order chi connectivity index (χ0) is 15.2. The summed E-state index contributed by atoms with van der Waals surface area (Å²) < 4.78 is 1.84. The van der Waals surface area contributed by atoms with Crippen LogP contribution in [-0.4, -0.2) is 19.7 Å². The van der Waals surface area contributed by atoms with Crippen LogP contribution in [0, 0.1) is 0 Å². The van der Waals surface area contributed by atoms with Crippen molar-refractivity contribution in [2.24, 2.45) is 12.9 Å². The molecule has 0 bridgehead atoms. The second-order valence-corrected chi connectivity index (χ2v) is 4.93. The van der Waals surface area contributed by atoms with Crippen molar-refractivity contribution in [3.8, 4) is 0 Å². The Kier molecular flexibility index (Phi) is 5.10. The Labute approximate surface area is 124 Å². The second-order valence-electron chi connectivity index (χ2n) is 4.93. The van der Waals surface area contributed by atoms with Crippen molar-refractivity contribution in [1.29, 1.82) is 0 Å². The number of aromatic nitrogens is 4. The highest BCUT2D eigenvalue weighted by Gasteiger charge is 2.07. The first-order valence-electron chi connectivity index (χ1n) is 7.26. The van der Waals surface area contributed by atoms with Crippen LogP contribution in [0.2, 0.25) is 0 Å². The highest BCUT2D eigenvalue weighted by Crippen LogP contribution is 2.14. The van der Waals surface area contributed by atoms with Gasteiger partial charge in [0.15, 0.2) is 0 Å². The lowest BCUT2D eigenvalue weighted by Gasteiger charge is -2.09. The van der Waals surface area contributed by atoms with Crippen molar-refractivity contribution in [2.45, 2.75) is 39.7 Å². The molecule has 0 spiro atoms. The molecule has 114 valence electrons. The first-order chi connectivity index (χ1) is 10.2. The van der Waals surface area contributed by atoms with Gasteiger partial charge in [-0.15, -0.1) is 0 Å². The number of hydrogen-bond acceptors (Lipinski definition) is 6. The highest BCUT2D eigenvalue weighted by atomic mass is 15.3. The summed E-state index contributed by atoms with van der Waals surface area (Å²) in [7, 11) is 1.93. The molecule has 2 rings (SSSR count). The Bertz CT molecular complexity index is 591. The minimum atomic E-state index is 0.623. The van der Waals surface area contributed by atoms with Gasteiger partial charge in [0.25, 0.3) is 0 Å². The zero-order valence-electron chi connectivity index (χ0n) is 12.8. The number of anilines is 2. The quantitative estimate of drug-likeness (QED) is 0.530. The molecule has 21 heavy (non-hydrogen) atoms. The summed E-state index contributed by atoms with van der Waals surface area (Å²) in [5.74, 6) is 7.64. The number of nitrogens with two attached hydrogens (primary N) is 1. The van der Waals surface area contributed by atoms with E-state index >= 15 is 0 Å². The molecule has 0 saturated heterocycles. The Morgan fingerprint density at radius 2 is 2.00 bits per heavy atom. The van der Waals surface area contributed by atoms with Crippen LogP contribution >= 0.6 is 0 Å². The largest absolute Gasteiger partial charge is 0.366 e. The molecule has 0 fully saturated rings. The molecule has 0 amide bonds. The maximum Gasteiger partial charge on any atom is 0.145 e. The number of aryl methyl sites for hydroxylation is 3. The molecule has 7 nitrogen and oxygen atoms in total. The van der Waals surface area contributed by atoms with Crippen LogP contribution in [-0.2, 0) is 26.4 Å². The zero-order valence-corrected chi connectivity index (χ0v) is 12.8. The highest BCUT2D eigenvalue weighted by molar-refractivity contribution is 5.47. The van der Waals surface area contributed by atoms with E-state index in [0.717, 1.165) is 36.6 Å². The van der Waals surface area contributed by atoms with E-state index in [4.69, 9.17) is 5.84 Å². The molecular formula is C14H23N7. The molecule has 4 N–H and O–H groups in total. The molecule has 0 aliphatic carbocycles. The molecule has 2 aromatic rings. The van der Waals surface area contributed by atoms with Crippen molar-refractivity contribution in [3.63, 3.8) is 0 Å². The fraction of sp³-hybridized carbons (Fsp3) is 0.500. The van der Waals surface area contributed by atoms with Crippen molar-refractivity contribution in [1.82, 2.24) is 19.7 Å². The first kappa shape index (κ1) is 15.2. The van der Waals surface area contributed by atoms with E-state index in [1.165, 1.54) is 5.56 Å². The average molecular weight is 289 g/mol. The van der Waals surface area contributed by atoms with Gasteiger partial charge < -0.3 is 10.7 Å². The van der Waals surface area contributed by atoms with Gasteiger partial charge in [0.1, 0.15) is 17.5 Å². The number of hydrogen-bond donors (Lipinski definition) is 3. The minimum absolute atomic E-state index is 0.623. The summed E-state index contributed by atoms with van der Waals surface area (Å²) >= 11 is 0. The fourth-order valence-corrected chi connectivity index (χ4v) is 2.21. The van der Waals surface area contributed by atoms with Crippen LogP contribution in [0.5, 0.6) is 0 Å². The molecule has 7 heteroatoms. The molecule has 0 aromatic carbocycles. The second kappa shape index (κ2) is 7.03. The maximum atomic E-state index is 5.46. The predicted molar refractivity (Wildman–Crippen MR) is 83.7 cm³/mol. The first-order valence-corrected chi connectivity index (χ1v) is 7.26. The fourth-order valence-electron chi connectivity index (χ4n) is 2.21. The van der Waals surface area contributed by atoms with Gasteiger partial charge >= 0.3 is 0 Å². The average Bonchev–Trinajstić information content (AvgIpc) is 2.85. The number of nitrogen functional groups attached to an aromatic ring is 1. The van der Waals surface area contributed by atoms with Crippen LogP contribution in [0.3, 0.4) is 0 Å². The Morgan fingerprint density at radius 3 is 2.67 bits per heavy atom. The van der Waals surface area contributed by atoms with E-state index in [-0.39, 0.29) is 0 Å². The number of nitrogens with one attached hydrogen (secondary N) is 2. The molecule has 0 aliphatic rings. The van der Waals surface area contributed by atoms with Crippen molar-refractivity contribution in [3.05, 3.63) is 29.3 Å². The van der Waals surface area contributed by atoms with Crippen LogP contribution in [0.4, 0.5) is 11.6 Å². The summed E-state index contributed by atoms with van der Waals surface area (Å²) in [6.07, 6.45) is 4.77. The van der Waals surface area contributed by atoms with E-state index < -0.39 is 0 Å². The summed E-state index contributed by atoms with van der Waals surface area (Å²) in [5.41, 5.74) is 4.86. The molecule has 2 heterocycles. The summed E-state index contributed by atoms with van der Waals surface area (Å²) in [6, 6.07) is 1.81. The third kappa shape index (κ3) is 3.91. The Balaban J connectivity index is 2.13. The van der Waals surface area contributed by atoms with Crippen LogP contribution in [0.25, 0.3) is 0 Å². The Hall–Kier alpha value is -2.15. The molecule has 0 unspecified atom stereocenters. The van der Waals surface area contributed by atoms with Gasteiger partial charge in [-0.2, -0.15) is 5.10 Å². The van der Waals surface area contributed by atoms with Crippen LogP contribution < -0.4 is 16.6 Å². The molecule has 0 saturated carbocycles. The standard InChI is InChI=1S/C14H23N7/c1-4-6-12-17-13(7-14(18-12)19-15)16-8-10-9-21(3)20-11(10)5-2/h7,9H,4-6,8,15H2,1-3H3,(H2,16,17,18,19). The topological polar surface area (TPSA) is 93.7 Å². The molecule has 2 aromatic heterocycles. The van der Waals surface area contributed by atoms with E-state index in [1.54, 1.807) is 6.07 Å². The van der Waals surface area contributed by atoms with E-state index in [9.17, 15) is 0 Å². The third-order valence-corrected chi connectivity index (χ3v) is 3.18. The normalized spacial score (nSPS) is 10.7. The Morgan fingerprint density at radius 1 is 1.24 bits per heavy atom. The monoisotopic (exact) mass is 289 g/mol. The van der Waals surface area contributed by atoms with E-state index in [0.29, 0.717) is 12.4 Å². The van der Waals surface area contributed by atoms with Crippen LogP contribution in [0.1, 0.15) is 37.4 Å². The van der Waals surface area contributed by atoms with Gasteiger partial charge in [-0.3, -0.25) is 4.68 Å². The van der Waals surface area contributed by atoms with Gasteiger partial charge in [0.05, 0.1) is 5.69 Å². The SMILES string of the molecule is CCCc1nc(NN)cc(NCc2cn(C)nc2CC)n1. The predicted octanol–water partition coefficient (Wildman–Crippen LogP) is 1.62. The number of hydrazine groups is 1. The lowest BCUT2D eigenvalue weighted by molar-refractivity contribution is 0.746. The molecule has 0 atom stereocenters. The lowest BCUT2D eigenvalue weighted by atomic mass is 10.2. The van der Waals surface area contributed by atoms with E-state index in [1.807, 2.05) is 17.9 Å². The van der Waals surface area contributed by atoms with Crippen molar-refractivity contribution < 1.29 is 0 Å². The molecule has 0 aliphatic heterocycles. The van der Waals surface area contributed by atoms with Crippen molar-refractivity contribution in [2.75, 3.05) is 10.7 Å². The lowest BCUT2D eigenvalue weighted by Crippen LogP contribution is -2.12. The maximum absolute atomic E-state index is 5.46. The van der Waals surface area contributed by atoms with Gasteiger partial charge in [-0.05, 0) is 12.8 Å². The van der Waals surface area contributed by atoms with Gasteiger partial charge in [-0.25, -0.2) is 15.8 Å². The van der Waals surface area contributed by atoms with E-state index in [2.05, 4.69) is 39.7 Å².